The van der Waals surface area contributed by atoms with Crippen LogP contribution in [-0.4, -0.2) is 41.9 Å². The molecular weight excluding hydrogens is 316 g/mol. The van der Waals surface area contributed by atoms with Crippen LogP contribution in [0.15, 0.2) is 35.5 Å². The first-order chi connectivity index (χ1) is 10.8. The molecule has 0 atom stereocenters. The molecular formula is C16H17ClN4S. The molecule has 0 amide bonds. The topological polar surface area (TPSA) is 32.3 Å². The van der Waals surface area contributed by atoms with E-state index >= 15 is 0 Å². The molecule has 1 aromatic heterocycles. The molecule has 1 aromatic carbocycles. The van der Waals surface area contributed by atoms with Crippen molar-refractivity contribution in [3.8, 4) is 0 Å². The molecule has 6 heteroatoms. The molecule has 0 saturated carbocycles. The number of rotatable bonds is 2. The Morgan fingerprint density at radius 3 is 2.59 bits per heavy atom. The van der Waals surface area contributed by atoms with Crippen LogP contribution in [0.3, 0.4) is 0 Å². The Labute approximate surface area is 139 Å². The smallest absolute Gasteiger partial charge is 0.146 e. The van der Waals surface area contributed by atoms with Crippen LogP contribution in [0.5, 0.6) is 0 Å². The maximum Gasteiger partial charge on any atom is 0.146 e. The average molecular weight is 333 g/mol. The number of para-hydroxylation sites is 1. The van der Waals surface area contributed by atoms with E-state index in [2.05, 4.69) is 25.8 Å². The Morgan fingerprint density at radius 2 is 1.77 bits per heavy atom. The summed E-state index contributed by atoms with van der Waals surface area (Å²) < 4.78 is 0. The molecule has 2 aromatic rings. The number of fused-ring (bicyclic) bond motifs is 1. The number of nitrogens with zero attached hydrogens (tertiary/aromatic N) is 4. The maximum atomic E-state index is 6.31. The summed E-state index contributed by atoms with van der Waals surface area (Å²) in [5, 5.41) is 0.828. The highest BCUT2D eigenvalue weighted by molar-refractivity contribution is 7.99. The van der Waals surface area contributed by atoms with E-state index in [0.29, 0.717) is 0 Å². The molecule has 1 saturated heterocycles. The Hall–Kier alpha value is -1.46. The lowest BCUT2D eigenvalue weighted by Crippen LogP contribution is -2.47. The zero-order valence-corrected chi connectivity index (χ0v) is 13.8. The maximum absolute atomic E-state index is 6.31. The van der Waals surface area contributed by atoms with Gasteiger partial charge >= 0.3 is 0 Å². The van der Waals surface area contributed by atoms with E-state index in [0.717, 1.165) is 54.9 Å². The number of hydrogen-bond donors (Lipinski definition) is 0. The van der Waals surface area contributed by atoms with Gasteiger partial charge in [-0.05, 0) is 12.1 Å². The van der Waals surface area contributed by atoms with Crippen molar-refractivity contribution in [3.63, 3.8) is 0 Å². The first-order valence-corrected chi connectivity index (χ1v) is 8.90. The third-order valence-corrected chi connectivity index (χ3v) is 5.65. The van der Waals surface area contributed by atoms with Gasteiger partial charge in [0.15, 0.2) is 0 Å². The molecule has 1 fully saturated rings. The van der Waals surface area contributed by atoms with Gasteiger partial charge in [0, 0.05) is 38.4 Å². The van der Waals surface area contributed by atoms with Crippen LogP contribution in [-0.2, 0) is 6.42 Å². The van der Waals surface area contributed by atoms with Crippen LogP contribution in [0.1, 0.15) is 5.69 Å². The first kappa shape index (κ1) is 14.2. The lowest BCUT2D eigenvalue weighted by atomic mass is 10.2. The molecule has 0 spiro atoms. The predicted octanol–water partition coefficient (Wildman–Crippen LogP) is 3.10. The fourth-order valence-electron chi connectivity index (χ4n) is 3.07. The fraction of sp³-hybridized carbons (Fsp3) is 0.375. The molecule has 0 N–H and O–H groups in total. The van der Waals surface area contributed by atoms with E-state index in [1.807, 2.05) is 30.0 Å². The molecule has 114 valence electrons. The highest BCUT2D eigenvalue weighted by Crippen LogP contribution is 2.37. The van der Waals surface area contributed by atoms with Crippen molar-refractivity contribution < 1.29 is 0 Å². The third-order valence-electron chi connectivity index (χ3n) is 4.22. The van der Waals surface area contributed by atoms with Gasteiger partial charge in [0.1, 0.15) is 12.1 Å². The number of aromatic nitrogens is 2. The predicted molar refractivity (Wildman–Crippen MR) is 92.3 cm³/mol. The summed E-state index contributed by atoms with van der Waals surface area (Å²) in [4.78, 5) is 15.0. The first-order valence-electron chi connectivity index (χ1n) is 7.54. The summed E-state index contributed by atoms with van der Waals surface area (Å²) in [5.74, 6) is 2.24. The van der Waals surface area contributed by atoms with Crippen molar-refractivity contribution >= 4 is 34.9 Å². The minimum absolute atomic E-state index is 0.828. The molecule has 3 heterocycles. The largest absolute Gasteiger partial charge is 0.367 e. The van der Waals surface area contributed by atoms with Crippen molar-refractivity contribution in [1.82, 2.24) is 9.97 Å². The van der Waals surface area contributed by atoms with Gasteiger partial charge in [0.05, 0.1) is 21.3 Å². The van der Waals surface area contributed by atoms with E-state index in [-0.39, 0.29) is 0 Å². The van der Waals surface area contributed by atoms with Gasteiger partial charge in [-0.15, -0.1) is 11.8 Å². The van der Waals surface area contributed by atoms with E-state index in [1.54, 1.807) is 6.33 Å². The SMILES string of the molecule is Clc1ccccc1N1CCN(c2ncnc3c2SCC3)CC1. The van der Waals surface area contributed by atoms with Crippen molar-refractivity contribution in [2.75, 3.05) is 41.7 Å². The van der Waals surface area contributed by atoms with E-state index in [4.69, 9.17) is 11.6 Å². The summed E-state index contributed by atoms with van der Waals surface area (Å²) in [6.07, 6.45) is 2.77. The summed E-state index contributed by atoms with van der Waals surface area (Å²) in [5.41, 5.74) is 2.34. The molecule has 0 unspecified atom stereocenters. The fourth-order valence-corrected chi connectivity index (χ4v) is 4.45. The van der Waals surface area contributed by atoms with Crippen molar-refractivity contribution in [2.24, 2.45) is 0 Å². The number of thioether (sulfide) groups is 1. The van der Waals surface area contributed by atoms with Gasteiger partial charge in [-0.2, -0.15) is 0 Å². The number of hydrogen-bond acceptors (Lipinski definition) is 5. The molecule has 4 nitrogen and oxygen atoms in total. The lowest BCUT2D eigenvalue weighted by molar-refractivity contribution is 0.641. The molecule has 2 aliphatic rings. The zero-order valence-electron chi connectivity index (χ0n) is 12.2. The van der Waals surface area contributed by atoms with Crippen LogP contribution in [0.4, 0.5) is 11.5 Å². The van der Waals surface area contributed by atoms with Crippen LogP contribution in [0, 0.1) is 0 Å². The second kappa shape index (κ2) is 5.97. The second-order valence-corrected chi connectivity index (χ2v) is 7.01. The highest BCUT2D eigenvalue weighted by atomic mass is 35.5. The van der Waals surface area contributed by atoms with Gasteiger partial charge < -0.3 is 9.80 Å². The number of halogens is 1. The van der Waals surface area contributed by atoms with Crippen LogP contribution in [0.2, 0.25) is 5.02 Å². The number of piperazine rings is 1. The molecule has 0 aliphatic carbocycles. The van der Waals surface area contributed by atoms with Crippen LogP contribution >= 0.6 is 23.4 Å². The van der Waals surface area contributed by atoms with Crippen molar-refractivity contribution in [2.45, 2.75) is 11.3 Å². The van der Waals surface area contributed by atoms with E-state index in [9.17, 15) is 0 Å². The zero-order chi connectivity index (χ0) is 14.9. The summed E-state index contributed by atoms with van der Waals surface area (Å²) in [6, 6.07) is 8.07. The molecule has 2 aliphatic heterocycles. The minimum atomic E-state index is 0.828. The molecule has 0 bridgehead atoms. The summed E-state index contributed by atoms with van der Waals surface area (Å²) in [6.45, 7) is 3.87. The number of benzene rings is 1. The summed E-state index contributed by atoms with van der Waals surface area (Å²) in [7, 11) is 0. The van der Waals surface area contributed by atoms with Crippen molar-refractivity contribution in [3.05, 3.63) is 41.3 Å². The summed E-state index contributed by atoms with van der Waals surface area (Å²) >= 11 is 8.19. The minimum Gasteiger partial charge on any atom is -0.367 e. The normalized spacial score (nSPS) is 17.7. The Balaban J connectivity index is 1.51. The van der Waals surface area contributed by atoms with Crippen molar-refractivity contribution in [1.29, 1.82) is 0 Å². The van der Waals surface area contributed by atoms with E-state index < -0.39 is 0 Å². The second-order valence-electron chi connectivity index (χ2n) is 5.50. The van der Waals surface area contributed by atoms with Gasteiger partial charge in [0.25, 0.3) is 0 Å². The standard InChI is InChI=1S/C16H17ClN4S/c17-12-3-1-2-4-14(12)20-6-8-21(9-7-20)16-15-13(5-10-22-15)18-11-19-16/h1-4,11H,5-10H2. The van der Waals surface area contributed by atoms with Crippen LogP contribution < -0.4 is 9.80 Å². The Bertz CT molecular complexity index is 686. The quantitative estimate of drug-likeness (QED) is 0.843. The number of aryl methyl sites for hydroxylation is 1. The molecule has 0 radical (unpaired) electrons. The Morgan fingerprint density at radius 1 is 1.00 bits per heavy atom. The van der Waals surface area contributed by atoms with Gasteiger partial charge in [-0.3, -0.25) is 0 Å². The third kappa shape index (κ3) is 2.52. The monoisotopic (exact) mass is 332 g/mol. The highest BCUT2D eigenvalue weighted by Gasteiger charge is 2.25. The van der Waals surface area contributed by atoms with Gasteiger partial charge in [-0.25, -0.2) is 9.97 Å². The lowest BCUT2D eigenvalue weighted by Gasteiger charge is -2.37. The van der Waals surface area contributed by atoms with Gasteiger partial charge in [-0.1, -0.05) is 23.7 Å². The molecule has 22 heavy (non-hydrogen) atoms. The van der Waals surface area contributed by atoms with Crippen LogP contribution in [0.25, 0.3) is 0 Å². The Kier molecular flexibility index (Phi) is 3.84. The van der Waals surface area contributed by atoms with Gasteiger partial charge in [0.2, 0.25) is 0 Å². The molecule has 4 rings (SSSR count). The number of anilines is 2. The average Bonchev–Trinajstić information content (AvgIpc) is 3.04. The van der Waals surface area contributed by atoms with E-state index in [1.165, 1.54) is 10.6 Å².